The number of carbonyl (C=O) groups excluding carboxylic acids is 1. The Kier molecular flexibility index (Phi) is 6.06. The second-order valence-corrected chi connectivity index (χ2v) is 5.13. The minimum atomic E-state index is -0.992. The number of ether oxygens (including phenoxy) is 1. The lowest BCUT2D eigenvalue weighted by Crippen LogP contribution is -2.21. The zero-order valence-electron chi connectivity index (χ0n) is 10.9. The van der Waals surface area contributed by atoms with Crippen LogP contribution in [0, 0.1) is 20.2 Å². The first-order valence-corrected chi connectivity index (χ1v) is 6.67. The Labute approximate surface area is 123 Å². The largest absolute Gasteiger partial charge is 0.484 e. The summed E-state index contributed by atoms with van der Waals surface area (Å²) in [6.07, 6.45) is -0.992. The van der Waals surface area contributed by atoms with Crippen LogP contribution in [0.15, 0.2) is 18.2 Å². The van der Waals surface area contributed by atoms with Crippen LogP contribution in [-0.2, 0) is 4.79 Å². The molecule has 0 spiro atoms. The van der Waals surface area contributed by atoms with Crippen molar-refractivity contribution in [2.75, 3.05) is 12.4 Å². The fraction of sp³-hybridized carbons (Fsp3) is 0.364. The molecule has 1 atom stereocenters. The smallest absolute Gasteiger partial charge is 0.317 e. The van der Waals surface area contributed by atoms with Crippen molar-refractivity contribution in [2.45, 2.75) is 13.0 Å². The Bertz CT molecular complexity index is 564. The number of hydrogen-bond acceptors (Lipinski definition) is 8. The molecule has 21 heavy (non-hydrogen) atoms. The van der Waals surface area contributed by atoms with E-state index in [1.54, 1.807) is 0 Å². The monoisotopic (exact) mass is 316 g/mol. The van der Waals surface area contributed by atoms with Gasteiger partial charge in [0.25, 0.3) is 5.69 Å². The van der Waals surface area contributed by atoms with Gasteiger partial charge in [-0.15, -0.1) is 0 Å². The molecule has 1 aromatic carbocycles. The van der Waals surface area contributed by atoms with Gasteiger partial charge >= 0.3 is 5.69 Å². The highest BCUT2D eigenvalue weighted by atomic mass is 32.2. The van der Waals surface area contributed by atoms with E-state index in [-0.39, 0.29) is 23.2 Å². The number of benzene rings is 1. The van der Waals surface area contributed by atoms with E-state index >= 15 is 0 Å². The van der Waals surface area contributed by atoms with Crippen LogP contribution in [0.3, 0.4) is 0 Å². The van der Waals surface area contributed by atoms with Crippen LogP contribution in [0.1, 0.15) is 6.92 Å². The fourth-order valence-corrected chi connectivity index (χ4v) is 1.86. The minimum absolute atomic E-state index is 0.0934. The van der Waals surface area contributed by atoms with Crippen molar-refractivity contribution in [3.05, 3.63) is 38.4 Å². The maximum absolute atomic E-state index is 10.8. The first-order chi connectivity index (χ1) is 9.81. The number of aliphatic hydroxyl groups excluding tert-OH is 1. The normalized spacial score (nSPS) is 11.7. The third-order valence-electron chi connectivity index (χ3n) is 2.26. The van der Waals surface area contributed by atoms with E-state index in [9.17, 15) is 30.1 Å². The van der Waals surface area contributed by atoms with Gasteiger partial charge in [-0.2, -0.15) is 0 Å². The molecule has 0 saturated carbocycles. The number of rotatable bonds is 7. The SMILES string of the molecule is CC(=O)SCC(O)COc1ccc([N+](=O)[O-])cc1[N+](=O)[O-]. The van der Waals surface area contributed by atoms with Gasteiger partial charge in [-0.3, -0.25) is 25.0 Å². The summed E-state index contributed by atoms with van der Waals surface area (Å²) in [6, 6.07) is 2.95. The predicted molar refractivity (Wildman–Crippen MR) is 74.4 cm³/mol. The molecule has 0 bridgehead atoms. The molecule has 1 aromatic rings. The molecule has 0 fully saturated rings. The van der Waals surface area contributed by atoms with Gasteiger partial charge in [-0.1, -0.05) is 11.8 Å². The molecule has 1 rings (SSSR count). The highest BCUT2D eigenvalue weighted by molar-refractivity contribution is 8.13. The van der Waals surface area contributed by atoms with E-state index in [0.29, 0.717) is 0 Å². The Morgan fingerprint density at radius 2 is 2.05 bits per heavy atom. The van der Waals surface area contributed by atoms with Gasteiger partial charge in [-0.25, -0.2) is 0 Å². The van der Waals surface area contributed by atoms with Crippen molar-refractivity contribution < 1.29 is 24.5 Å². The number of nitro groups is 2. The predicted octanol–water partition coefficient (Wildman–Crippen LogP) is 1.52. The van der Waals surface area contributed by atoms with Gasteiger partial charge in [-0.05, 0) is 6.07 Å². The Morgan fingerprint density at radius 1 is 1.38 bits per heavy atom. The lowest BCUT2D eigenvalue weighted by atomic mass is 10.2. The highest BCUT2D eigenvalue weighted by Crippen LogP contribution is 2.31. The zero-order chi connectivity index (χ0) is 16.0. The van der Waals surface area contributed by atoms with Crippen LogP contribution in [0.25, 0.3) is 0 Å². The van der Waals surface area contributed by atoms with Crippen LogP contribution in [0.2, 0.25) is 0 Å². The first-order valence-electron chi connectivity index (χ1n) is 5.68. The highest BCUT2D eigenvalue weighted by Gasteiger charge is 2.21. The van der Waals surface area contributed by atoms with Gasteiger partial charge in [0.2, 0.25) is 0 Å². The molecule has 1 unspecified atom stereocenters. The van der Waals surface area contributed by atoms with Crippen LogP contribution in [-0.4, -0.2) is 38.5 Å². The number of nitro benzene ring substituents is 2. The summed E-state index contributed by atoms with van der Waals surface area (Å²) in [5.41, 5.74) is -0.989. The van der Waals surface area contributed by atoms with Crippen LogP contribution < -0.4 is 4.74 Å². The molecule has 9 nitrogen and oxygen atoms in total. The molecular weight excluding hydrogens is 304 g/mol. The molecular formula is C11H12N2O7S. The van der Waals surface area contributed by atoms with E-state index < -0.39 is 27.3 Å². The first kappa shape index (κ1) is 16.9. The van der Waals surface area contributed by atoms with Crippen LogP contribution >= 0.6 is 11.8 Å². The number of nitrogens with zero attached hydrogens (tertiary/aromatic N) is 2. The molecule has 0 aliphatic carbocycles. The standard InChI is InChI=1S/C11H12N2O7S/c1-7(14)21-6-9(15)5-20-11-3-2-8(12(16)17)4-10(11)13(18)19/h2-4,9,15H,5-6H2,1H3. The lowest BCUT2D eigenvalue weighted by Gasteiger charge is -2.11. The molecule has 0 aromatic heterocycles. The zero-order valence-corrected chi connectivity index (χ0v) is 11.7. The van der Waals surface area contributed by atoms with Gasteiger partial charge in [0, 0.05) is 18.7 Å². The Morgan fingerprint density at radius 3 is 2.57 bits per heavy atom. The van der Waals surface area contributed by atoms with E-state index in [1.165, 1.54) is 6.92 Å². The minimum Gasteiger partial charge on any atom is -0.484 e. The topological polar surface area (TPSA) is 133 Å². The van der Waals surface area contributed by atoms with Crippen molar-refractivity contribution in [1.29, 1.82) is 0 Å². The molecule has 0 saturated heterocycles. The average Bonchev–Trinajstić information content (AvgIpc) is 2.42. The maximum atomic E-state index is 10.8. The fourth-order valence-electron chi connectivity index (χ4n) is 1.33. The van der Waals surface area contributed by atoms with E-state index in [2.05, 4.69) is 0 Å². The van der Waals surface area contributed by atoms with Crippen molar-refractivity contribution >= 4 is 28.3 Å². The molecule has 0 aliphatic rings. The van der Waals surface area contributed by atoms with Crippen molar-refractivity contribution in [3.63, 3.8) is 0 Å². The lowest BCUT2D eigenvalue weighted by molar-refractivity contribution is -0.394. The molecule has 10 heteroatoms. The third-order valence-corrected chi connectivity index (χ3v) is 3.22. The summed E-state index contributed by atoms with van der Waals surface area (Å²) in [6.45, 7) is 1.08. The summed E-state index contributed by atoms with van der Waals surface area (Å²) >= 11 is 0.899. The molecule has 114 valence electrons. The van der Waals surface area contributed by atoms with E-state index in [1.807, 2.05) is 0 Å². The van der Waals surface area contributed by atoms with Crippen molar-refractivity contribution in [3.8, 4) is 5.75 Å². The summed E-state index contributed by atoms with van der Waals surface area (Å²) in [4.78, 5) is 30.6. The van der Waals surface area contributed by atoms with Gasteiger partial charge in [0.05, 0.1) is 22.0 Å². The number of carbonyl (C=O) groups is 1. The second kappa shape index (κ2) is 7.55. The van der Waals surface area contributed by atoms with Crippen LogP contribution in [0.4, 0.5) is 11.4 Å². The number of aliphatic hydroxyl groups is 1. The number of non-ortho nitro benzene ring substituents is 1. The Hall–Kier alpha value is -2.20. The third kappa shape index (κ3) is 5.36. The van der Waals surface area contributed by atoms with Crippen LogP contribution in [0.5, 0.6) is 5.75 Å². The molecule has 0 radical (unpaired) electrons. The second-order valence-electron chi connectivity index (χ2n) is 3.93. The quantitative estimate of drug-likeness (QED) is 0.591. The summed E-state index contributed by atoms with van der Waals surface area (Å²) < 4.78 is 5.09. The van der Waals surface area contributed by atoms with E-state index in [4.69, 9.17) is 4.74 Å². The molecule has 0 aliphatic heterocycles. The van der Waals surface area contributed by atoms with E-state index in [0.717, 1.165) is 30.0 Å². The van der Waals surface area contributed by atoms with Crippen molar-refractivity contribution in [2.24, 2.45) is 0 Å². The summed E-state index contributed by atoms with van der Waals surface area (Å²) in [5.74, 6) is -0.0895. The average molecular weight is 316 g/mol. The summed E-state index contributed by atoms with van der Waals surface area (Å²) in [7, 11) is 0. The number of hydrogen-bond donors (Lipinski definition) is 1. The Balaban J connectivity index is 2.76. The van der Waals surface area contributed by atoms with Crippen molar-refractivity contribution in [1.82, 2.24) is 0 Å². The maximum Gasteiger partial charge on any atom is 0.317 e. The summed E-state index contributed by atoms with van der Waals surface area (Å²) in [5, 5.41) is 30.8. The van der Waals surface area contributed by atoms with Gasteiger partial charge in [0.15, 0.2) is 10.9 Å². The number of thioether (sulfide) groups is 1. The van der Waals surface area contributed by atoms with Gasteiger partial charge < -0.3 is 9.84 Å². The molecule has 0 amide bonds. The molecule has 0 heterocycles. The molecule has 1 N–H and O–H groups in total. The van der Waals surface area contributed by atoms with Gasteiger partial charge in [0.1, 0.15) is 6.61 Å².